The smallest absolute Gasteiger partial charge is 0.123 e. The van der Waals surface area contributed by atoms with Gasteiger partial charge in [-0.2, -0.15) is 0 Å². The molecule has 1 heterocycles. The number of anilines is 1. The fourth-order valence-corrected chi connectivity index (χ4v) is 1.56. The molecule has 16 heavy (non-hydrogen) atoms. The van der Waals surface area contributed by atoms with E-state index in [0.29, 0.717) is 12.3 Å². The summed E-state index contributed by atoms with van der Waals surface area (Å²) in [6.45, 7) is 1.58. The predicted octanol–water partition coefficient (Wildman–Crippen LogP) is 2.13. The first-order valence-corrected chi connectivity index (χ1v) is 5.25. The normalized spacial score (nSPS) is 18.8. The maximum absolute atomic E-state index is 12.7. The van der Waals surface area contributed by atoms with Crippen LogP contribution in [0.1, 0.15) is 6.42 Å². The van der Waals surface area contributed by atoms with Crippen LogP contribution in [0.25, 0.3) is 0 Å². The van der Waals surface area contributed by atoms with E-state index in [9.17, 15) is 4.39 Å². The Bertz CT molecular complexity index is 409. The molecular formula is C12H14FN3. The molecule has 1 aliphatic heterocycles. The Morgan fingerprint density at radius 3 is 2.75 bits per heavy atom. The van der Waals surface area contributed by atoms with E-state index in [0.717, 1.165) is 24.2 Å². The highest BCUT2D eigenvalue weighted by Gasteiger charge is 2.09. The SMILES string of the molecule is N=C1CCNC/C1=C/Nc1ccc(F)cc1. The molecule has 0 amide bonds. The zero-order chi connectivity index (χ0) is 11.4. The summed E-state index contributed by atoms with van der Waals surface area (Å²) < 4.78 is 12.7. The third-order valence-electron chi connectivity index (χ3n) is 2.51. The first-order chi connectivity index (χ1) is 7.75. The second-order valence-corrected chi connectivity index (χ2v) is 3.73. The summed E-state index contributed by atoms with van der Waals surface area (Å²) in [6.07, 6.45) is 2.57. The Morgan fingerprint density at radius 2 is 2.06 bits per heavy atom. The fraction of sp³-hybridized carbons (Fsp3) is 0.250. The molecule has 0 radical (unpaired) electrons. The number of piperidine rings is 1. The van der Waals surface area contributed by atoms with Crippen LogP contribution in [-0.4, -0.2) is 18.8 Å². The lowest BCUT2D eigenvalue weighted by molar-refractivity contribution is 0.628. The van der Waals surface area contributed by atoms with Gasteiger partial charge < -0.3 is 16.0 Å². The highest BCUT2D eigenvalue weighted by molar-refractivity contribution is 5.99. The minimum atomic E-state index is -0.245. The summed E-state index contributed by atoms with van der Waals surface area (Å²) in [5.74, 6) is -0.245. The molecule has 0 atom stereocenters. The van der Waals surface area contributed by atoms with Crippen molar-refractivity contribution < 1.29 is 4.39 Å². The van der Waals surface area contributed by atoms with Gasteiger partial charge in [-0.05, 0) is 24.3 Å². The molecule has 1 aromatic carbocycles. The summed E-state index contributed by atoms with van der Waals surface area (Å²) in [6, 6.07) is 6.16. The van der Waals surface area contributed by atoms with Crippen molar-refractivity contribution in [3.8, 4) is 0 Å². The van der Waals surface area contributed by atoms with E-state index in [2.05, 4.69) is 10.6 Å². The van der Waals surface area contributed by atoms with Crippen molar-refractivity contribution in [1.29, 1.82) is 5.41 Å². The topological polar surface area (TPSA) is 47.9 Å². The average molecular weight is 219 g/mol. The summed E-state index contributed by atoms with van der Waals surface area (Å²) >= 11 is 0. The van der Waals surface area contributed by atoms with Crippen LogP contribution in [0.5, 0.6) is 0 Å². The van der Waals surface area contributed by atoms with Crippen molar-refractivity contribution >= 4 is 11.4 Å². The molecule has 84 valence electrons. The van der Waals surface area contributed by atoms with E-state index in [1.165, 1.54) is 12.1 Å². The Morgan fingerprint density at radius 1 is 1.31 bits per heavy atom. The van der Waals surface area contributed by atoms with Gasteiger partial charge in [-0.3, -0.25) is 0 Å². The number of hydrogen-bond acceptors (Lipinski definition) is 3. The first-order valence-electron chi connectivity index (χ1n) is 5.25. The van der Waals surface area contributed by atoms with Gasteiger partial charge in [0.05, 0.1) is 0 Å². The summed E-state index contributed by atoms with van der Waals surface area (Å²) in [5, 5.41) is 14.0. The van der Waals surface area contributed by atoms with Gasteiger partial charge in [0.2, 0.25) is 0 Å². The van der Waals surface area contributed by atoms with Gasteiger partial charge in [0.15, 0.2) is 0 Å². The zero-order valence-corrected chi connectivity index (χ0v) is 8.89. The number of nitrogens with one attached hydrogen (secondary N) is 3. The van der Waals surface area contributed by atoms with Gasteiger partial charge in [0, 0.05) is 42.7 Å². The Balaban J connectivity index is 2.02. The van der Waals surface area contributed by atoms with E-state index in [-0.39, 0.29) is 5.82 Å². The molecule has 1 saturated heterocycles. The molecule has 3 nitrogen and oxygen atoms in total. The second-order valence-electron chi connectivity index (χ2n) is 3.73. The van der Waals surface area contributed by atoms with Crippen LogP contribution in [0, 0.1) is 11.2 Å². The van der Waals surface area contributed by atoms with Gasteiger partial charge in [-0.15, -0.1) is 0 Å². The van der Waals surface area contributed by atoms with Gasteiger partial charge in [0.1, 0.15) is 5.82 Å². The summed E-state index contributed by atoms with van der Waals surface area (Å²) in [5.41, 5.74) is 2.44. The maximum Gasteiger partial charge on any atom is 0.123 e. The average Bonchev–Trinajstić information content (AvgIpc) is 2.30. The minimum absolute atomic E-state index is 0.245. The van der Waals surface area contributed by atoms with Crippen LogP contribution < -0.4 is 10.6 Å². The van der Waals surface area contributed by atoms with Crippen LogP contribution in [-0.2, 0) is 0 Å². The first kappa shape index (κ1) is 10.8. The molecule has 0 aliphatic carbocycles. The van der Waals surface area contributed by atoms with Gasteiger partial charge in [-0.1, -0.05) is 0 Å². The number of hydrogen-bond donors (Lipinski definition) is 3. The molecule has 0 bridgehead atoms. The van der Waals surface area contributed by atoms with E-state index < -0.39 is 0 Å². The molecule has 4 heteroatoms. The van der Waals surface area contributed by atoms with E-state index in [4.69, 9.17) is 5.41 Å². The molecule has 0 unspecified atom stereocenters. The number of halogens is 1. The minimum Gasteiger partial charge on any atom is -0.361 e. The molecule has 3 N–H and O–H groups in total. The summed E-state index contributed by atoms with van der Waals surface area (Å²) in [4.78, 5) is 0. The van der Waals surface area contributed by atoms with Gasteiger partial charge in [-0.25, -0.2) is 4.39 Å². The molecule has 0 aromatic heterocycles. The molecule has 1 aromatic rings. The number of benzene rings is 1. The fourth-order valence-electron chi connectivity index (χ4n) is 1.56. The van der Waals surface area contributed by atoms with Crippen LogP contribution >= 0.6 is 0 Å². The van der Waals surface area contributed by atoms with E-state index in [1.54, 1.807) is 12.1 Å². The second kappa shape index (κ2) is 4.90. The van der Waals surface area contributed by atoms with E-state index in [1.807, 2.05) is 6.20 Å². The number of rotatable bonds is 2. The van der Waals surface area contributed by atoms with Crippen LogP contribution in [0.15, 0.2) is 36.0 Å². The van der Waals surface area contributed by atoms with Crippen LogP contribution in [0.2, 0.25) is 0 Å². The van der Waals surface area contributed by atoms with Gasteiger partial charge in [0.25, 0.3) is 0 Å². The quantitative estimate of drug-likeness (QED) is 0.713. The monoisotopic (exact) mass is 219 g/mol. The molecule has 2 rings (SSSR count). The molecule has 1 aliphatic rings. The lowest BCUT2D eigenvalue weighted by Crippen LogP contribution is -2.30. The van der Waals surface area contributed by atoms with Crippen molar-refractivity contribution in [1.82, 2.24) is 5.32 Å². The lowest BCUT2D eigenvalue weighted by Gasteiger charge is -2.16. The highest BCUT2D eigenvalue weighted by Crippen LogP contribution is 2.10. The van der Waals surface area contributed by atoms with Crippen molar-refractivity contribution in [3.05, 3.63) is 41.9 Å². The van der Waals surface area contributed by atoms with E-state index >= 15 is 0 Å². The largest absolute Gasteiger partial charge is 0.361 e. The standard InChI is InChI=1S/C12H14FN3/c13-10-1-3-11(4-2-10)16-8-9-7-15-6-5-12(9)14/h1-4,8,14-16H,5-7H2/b9-8-,14-12?. The third kappa shape index (κ3) is 2.67. The maximum atomic E-state index is 12.7. The molecule has 1 fully saturated rings. The van der Waals surface area contributed by atoms with Crippen molar-refractivity contribution in [2.45, 2.75) is 6.42 Å². The van der Waals surface area contributed by atoms with Crippen molar-refractivity contribution in [2.75, 3.05) is 18.4 Å². The Hall–Kier alpha value is -1.68. The third-order valence-corrected chi connectivity index (χ3v) is 2.51. The van der Waals surface area contributed by atoms with Gasteiger partial charge >= 0.3 is 0 Å². The van der Waals surface area contributed by atoms with Crippen molar-refractivity contribution in [2.24, 2.45) is 0 Å². The van der Waals surface area contributed by atoms with Crippen molar-refractivity contribution in [3.63, 3.8) is 0 Å². The molecular weight excluding hydrogens is 205 g/mol. The molecule has 0 saturated carbocycles. The Labute approximate surface area is 93.9 Å². The molecule has 0 spiro atoms. The Kier molecular flexibility index (Phi) is 3.31. The van der Waals surface area contributed by atoms with Crippen LogP contribution in [0.4, 0.5) is 10.1 Å². The summed E-state index contributed by atoms with van der Waals surface area (Å²) in [7, 11) is 0. The lowest BCUT2D eigenvalue weighted by atomic mass is 10.1. The van der Waals surface area contributed by atoms with Crippen LogP contribution in [0.3, 0.4) is 0 Å². The predicted molar refractivity (Wildman–Crippen MR) is 63.3 cm³/mol. The highest BCUT2D eigenvalue weighted by atomic mass is 19.1. The zero-order valence-electron chi connectivity index (χ0n) is 8.89.